The second kappa shape index (κ2) is 15.0. The Kier molecular flexibility index (Phi) is 14.3. The van der Waals surface area contributed by atoms with Crippen LogP contribution in [-0.2, 0) is 8.85 Å². The highest BCUT2D eigenvalue weighted by Crippen LogP contribution is 2.41. The quantitative estimate of drug-likeness (QED) is 0.142. The molecule has 3 atom stereocenters. The fourth-order valence-corrected chi connectivity index (χ4v) is 6.81. The summed E-state index contributed by atoms with van der Waals surface area (Å²) in [5.41, 5.74) is 0. The van der Waals surface area contributed by atoms with Gasteiger partial charge in [0, 0.05) is 6.04 Å². The van der Waals surface area contributed by atoms with Crippen molar-refractivity contribution >= 4 is 16.6 Å². The van der Waals surface area contributed by atoms with Crippen molar-refractivity contribution in [2.24, 2.45) is 0 Å². The largest absolute Gasteiger partial charge is 0.415 e. The molecule has 210 valence electrons. The molecule has 35 heavy (non-hydrogen) atoms. The molecule has 1 aliphatic heterocycles. The summed E-state index contributed by atoms with van der Waals surface area (Å²) < 4.78 is 13.6. The molecule has 0 unspecified atom stereocenters. The molecule has 0 aromatic heterocycles. The van der Waals surface area contributed by atoms with Gasteiger partial charge in [-0.25, -0.2) is 0 Å². The van der Waals surface area contributed by atoms with Gasteiger partial charge in [0.05, 0.1) is 18.8 Å². The molecule has 1 saturated heterocycles. The molecule has 0 bridgehead atoms. The SMILES string of the molecule is CCCCCCCCCCCCCC[C@@H]1N[C@@H](CO[Si](C)(C)C(C)(C)C)[C@@H]1O[Si](C)(C)C(C)(C)C. The van der Waals surface area contributed by atoms with Crippen LogP contribution in [0.4, 0.5) is 0 Å². The van der Waals surface area contributed by atoms with Crippen LogP contribution in [0.5, 0.6) is 0 Å². The zero-order chi connectivity index (χ0) is 26.8. The normalized spacial score (nSPS) is 21.9. The van der Waals surface area contributed by atoms with Crippen LogP contribution < -0.4 is 5.32 Å². The highest BCUT2D eigenvalue weighted by molar-refractivity contribution is 6.74. The summed E-state index contributed by atoms with van der Waals surface area (Å²) in [5, 5.41) is 4.36. The second-order valence-corrected chi connectivity index (χ2v) is 24.0. The molecule has 1 rings (SSSR count). The first-order valence-corrected chi connectivity index (χ1v) is 21.0. The van der Waals surface area contributed by atoms with Crippen molar-refractivity contribution in [2.75, 3.05) is 6.61 Å². The van der Waals surface area contributed by atoms with Crippen molar-refractivity contribution in [1.29, 1.82) is 0 Å². The van der Waals surface area contributed by atoms with Crippen LogP contribution in [0, 0.1) is 0 Å². The standard InChI is InChI=1S/C30H65NO2Si2/c1-12-13-14-15-16-17-18-19-20-21-22-23-24-26-28(33-35(10,11)30(5,6)7)27(31-26)25-32-34(8,9)29(2,3)4/h26-28,31H,12-25H2,1-11H3/t26-,27-,28+/m0/s1. The monoisotopic (exact) mass is 527 g/mol. The van der Waals surface area contributed by atoms with Crippen LogP contribution in [-0.4, -0.2) is 41.4 Å². The van der Waals surface area contributed by atoms with Crippen molar-refractivity contribution in [3.63, 3.8) is 0 Å². The van der Waals surface area contributed by atoms with E-state index >= 15 is 0 Å². The molecule has 0 amide bonds. The van der Waals surface area contributed by atoms with Gasteiger partial charge in [-0.05, 0) is 42.7 Å². The molecule has 0 aromatic rings. The molecule has 0 saturated carbocycles. The predicted molar refractivity (Wildman–Crippen MR) is 162 cm³/mol. The third-order valence-electron chi connectivity index (χ3n) is 9.26. The number of hydrogen-bond acceptors (Lipinski definition) is 3. The van der Waals surface area contributed by atoms with E-state index in [0.29, 0.717) is 18.2 Å². The van der Waals surface area contributed by atoms with E-state index in [1.165, 1.54) is 83.5 Å². The van der Waals surface area contributed by atoms with Gasteiger partial charge in [0.2, 0.25) is 0 Å². The average Bonchev–Trinajstić information content (AvgIpc) is 2.72. The van der Waals surface area contributed by atoms with Gasteiger partial charge >= 0.3 is 0 Å². The molecule has 5 heteroatoms. The van der Waals surface area contributed by atoms with Gasteiger partial charge in [0.25, 0.3) is 0 Å². The van der Waals surface area contributed by atoms with Crippen molar-refractivity contribution in [1.82, 2.24) is 5.32 Å². The van der Waals surface area contributed by atoms with E-state index in [-0.39, 0.29) is 10.1 Å². The molecule has 3 nitrogen and oxygen atoms in total. The first-order chi connectivity index (χ1) is 16.1. The molecular formula is C30H65NO2Si2. The number of unbranched alkanes of at least 4 members (excludes halogenated alkanes) is 11. The maximum atomic E-state index is 6.98. The molecule has 1 aliphatic rings. The minimum Gasteiger partial charge on any atom is -0.415 e. The molecular weight excluding hydrogens is 463 g/mol. The highest BCUT2D eigenvalue weighted by Gasteiger charge is 2.48. The van der Waals surface area contributed by atoms with Crippen LogP contribution >= 0.6 is 0 Å². The molecule has 0 aliphatic carbocycles. The fraction of sp³-hybridized carbons (Fsp3) is 1.00. The summed E-state index contributed by atoms with van der Waals surface area (Å²) in [4.78, 5) is 0. The molecule has 1 heterocycles. The van der Waals surface area contributed by atoms with Crippen LogP contribution in [0.1, 0.15) is 132 Å². The van der Waals surface area contributed by atoms with Crippen LogP contribution in [0.3, 0.4) is 0 Å². The Bertz CT molecular complexity index is 566. The van der Waals surface area contributed by atoms with Crippen molar-refractivity contribution in [3.05, 3.63) is 0 Å². The minimum absolute atomic E-state index is 0.244. The van der Waals surface area contributed by atoms with Crippen LogP contribution in [0.15, 0.2) is 0 Å². The lowest BCUT2D eigenvalue weighted by Gasteiger charge is -2.52. The van der Waals surface area contributed by atoms with E-state index in [1.54, 1.807) is 0 Å². The Balaban J connectivity index is 2.41. The smallest absolute Gasteiger partial charge is 0.192 e. The summed E-state index contributed by atoms with van der Waals surface area (Å²) in [5.74, 6) is 0. The Morgan fingerprint density at radius 1 is 0.600 bits per heavy atom. The van der Waals surface area contributed by atoms with E-state index < -0.39 is 16.6 Å². The maximum absolute atomic E-state index is 6.98. The Labute approximate surface area is 223 Å². The lowest BCUT2D eigenvalue weighted by Crippen LogP contribution is -2.71. The van der Waals surface area contributed by atoms with Gasteiger partial charge in [-0.1, -0.05) is 126 Å². The molecule has 1 N–H and O–H groups in total. The van der Waals surface area contributed by atoms with Crippen LogP contribution in [0.2, 0.25) is 36.3 Å². The first kappa shape index (κ1) is 33.3. The second-order valence-electron chi connectivity index (χ2n) is 14.5. The van der Waals surface area contributed by atoms with Gasteiger partial charge in [-0.15, -0.1) is 0 Å². The molecule has 0 spiro atoms. The molecule has 1 fully saturated rings. The Hall–Kier alpha value is 0.314. The number of hydrogen-bond donors (Lipinski definition) is 1. The zero-order valence-corrected chi connectivity index (χ0v) is 27.9. The van der Waals surface area contributed by atoms with Gasteiger partial charge in [0.15, 0.2) is 16.6 Å². The van der Waals surface area contributed by atoms with E-state index in [2.05, 4.69) is 80.0 Å². The highest BCUT2D eigenvalue weighted by atomic mass is 28.4. The predicted octanol–water partition coefficient (Wildman–Crippen LogP) is 9.83. The Morgan fingerprint density at radius 3 is 1.46 bits per heavy atom. The summed E-state index contributed by atoms with van der Waals surface area (Å²) in [6, 6.07) is 0.848. The van der Waals surface area contributed by atoms with Crippen molar-refractivity contribution in [2.45, 2.75) is 186 Å². The van der Waals surface area contributed by atoms with Crippen molar-refractivity contribution in [3.8, 4) is 0 Å². The lowest BCUT2D eigenvalue weighted by molar-refractivity contribution is -0.00797. The third kappa shape index (κ3) is 11.7. The summed E-state index contributed by atoms with van der Waals surface area (Å²) in [7, 11) is -3.54. The average molecular weight is 528 g/mol. The van der Waals surface area contributed by atoms with E-state index in [9.17, 15) is 0 Å². The van der Waals surface area contributed by atoms with Crippen LogP contribution in [0.25, 0.3) is 0 Å². The minimum atomic E-state index is -1.80. The van der Waals surface area contributed by atoms with E-state index in [0.717, 1.165) is 6.61 Å². The lowest BCUT2D eigenvalue weighted by atomic mass is 9.89. The van der Waals surface area contributed by atoms with E-state index in [1.807, 2.05) is 0 Å². The summed E-state index contributed by atoms with van der Waals surface area (Å²) >= 11 is 0. The topological polar surface area (TPSA) is 30.5 Å². The fourth-order valence-electron chi connectivity index (χ4n) is 4.42. The van der Waals surface area contributed by atoms with E-state index in [4.69, 9.17) is 8.85 Å². The van der Waals surface area contributed by atoms with Gasteiger partial charge in [0.1, 0.15) is 0 Å². The van der Waals surface area contributed by atoms with Crippen molar-refractivity contribution < 1.29 is 8.85 Å². The van der Waals surface area contributed by atoms with Gasteiger partial charge in [-0.2, -0.15) is 0 Å². The zero-order valence-electron chi connectivity index (χ0n) is 25.9. The Morgan fingerprint density at radius 2 is 1.03 bits per heavy atom. The maximum Gasteiger partial charge on any atom is 0.192 e. The van der Waals surface area contributed by atoms with Gasteiger partial charge < -0.3 is 14.2 Å². The number of nitrogens with one attached hydrogen (secondary N) is 1. The summed E-state index contributed by atoms with van der Waals surface area (Å²) in [6.45, 7) is 26.7. The van der Waals surface area contributed by atoms with Gasteiger partial charge in [-0.3, -0.25) is 0 Å². The molecule has 0 aromatic carbocycles. The summed E-state index contributed by atoms with van der Waals surface area (Å²) in [6.07, 6.45) is 18.5. The first-order valence-electron chi connectivity index (χ1n) is 15.2. The third-order valence-corrected chi connectivity index (χ3v) is 18.2. The number of rotatable bonds is 18. The molecule has 0 radical (unpaired) electrons.